The SMILES string of the molecule is CCc1ccc(C(N)C2CCOC2CC)s1. The second-order valence-corrected chi connectivity index (χ2v) is 5.65. The van der Waals surface area contributed by atoms with E-state index in [1.54, 1.807) is 0 Å². The average Bonchev–Trinajstić information content (AvgIpc) is 2.96. The van der Waals surface area contributed by atoms with E-state index in [0.29, 0.717) is 12.0 Å². The molecule has 0 spiro atoms. The molecule has 0 amide bonds. The fourth-order valence-corrected chi connectivity index (χ4v) is 3.50. The Morgan fingerprint density at radius 1 is 1.50 bits per heavy atom. The van der Waals surface area contributed by atoms with Crippen molar-refractivity contribution in [1.29, 1.82) is 0 Å². The van der Waals surface area contributed by atoms with Gasteiger partial charge in [0.05, 0.1) is 6.10 Å². The molecule has 2 heterocycles. The number of rotatable bonds is 4. The van der Waals surface area contributed by atoms with Crippen LogP contribution in [0.25, 0.3) is 0 Å². The maximum atomic E-state index is 6.36. The lowest BCUT2D eigenvalue weighted by Gasteiger charge is -2.22. The van der Waals surface area contributed by atoms with Crippen LogP contribution in [0.5, 0.6) is 0 Å². The summed E-state index contributed by atoms with van der Waals surface area (Å²) < 4.78 is 5.72. The van der Waals surface area contributed by atoms with E-state index in [4.69, 9.17) is 10.5 Å². The third-order valence-corrected chi connectivity index (χ3v) is 4.81. The van der Waals surface area contributed by atoms with E-state index in [9.17, 15) is 0 Å². The first kappa shape index (κ1) is 12.1. The molecular weight excluding hydrogens is 218 g/mol. The third-order valence-electron chi connectivity index (χ3n) is 3.48. The largest absolute Gasteiger partial charge is 0.378 e. The van der Waals surface area contributed by atoms with E-state index in [0.717, 1.165) is 25.9 Å². The molecule has 0 bridgehead atoms. The van der Waals surface area contributed by atoms with Gasteiger partial charge in [0.25, 0.3) is 0 Å². The van der Waals surface area contributed by atoms with Gasteiger partial charge in [0.1, 0.15) is 0 Å². The zero-order chi connectivity index (χ0) is 11.5. The Labute approximate surface area is 102 Å². The fraction of sp³-hybridized carbons (Fsp3) is 0.692. The van der Waals surface area contributed by atoms with Crippen molar-refractivity contribution in [2.24, 2.45) is 11.7 Å². The maximum Gasteiger partial charge on any atom is 0.0619 e. The summed E-state index contributed by atoms with van der Waals surface area (Å²) in [6.07, 6.45) is 3.65. The van der Waals surface area contributed by atoms with E-state index in [1.807, 2.05) is 11.3 Å². The Hall–Kier alpha value is -0.380. The molecule has 1 aromatic rings. The minimum atomic E-state index is 0.165. The molecule has 2 rings (SSSR count). The maximum absolute atomic E-state index is 6.36. The Bertz CT molecular complexity index is 336. The first-order valence-electron chi connectivity index (χ1n) is 6.22. The molecule has 2 nitrogen and oxygen atoms in total. The molecule has 2 N–H and O–H groups in total. The van der Waals surface area contributed by atoms with E-state index in [2.05, 4.69) is 26.0 Å². The zero-order valence-electron chi connectivity index (χ0n) is 10.1. The quantitative estimate of drug-likeness (QED) is 0.876. The van der Waals surface area contributed by atoms with Crippen LogP contribution in [-0.4, -0.2) is 12.7 Å². The molecule has 16 heavy (non-hydrogen) atoms. The number of hydrogen-bond acceptors (Lipinski definition) is 3. The van der Waals surface area contributed by atoms with Gasteiger partial charge < -0.3 is 10.5 Å². The van der Waals surface area contributed by atoms with Crippen molar-refractivity contribution in [3.8, 4) is 0 Å². The van der Waals surface area contributed by atoms with E-state index in [-0.39, 0.29) is 6.04 Å². The van der Waals surface area contributed by atoms with Gasteiger partial charge in [-0.3, -0.25) is 0 Å². The predicted molar refractivity (Wildman–Crippen MR) is 68.8 cm³/mol. The van der Waals surface area contributed by atoms with Crippen molar-refractivity contribution >= 4 is 11.3 Å². The van der Waals surface area contributed by atoms with Gasteiger partial charge in [-0.05, 0) is 31.4 Å². The van der Waals surface area contributed by atoms with E-state index < -0.39 is 0 Å². The topological polar surface area (TPSA) is 35.2 Å². The van der Waals surface area contributed by atoms with Crippen molar-refractivity contribution in [1.82, 2.24) is 0 Å². The van der Waals surface area contributed by atoms with Gasteiger partial charge in [-0.2, -0.15) is 0 Å². The normalized spacial score (nSPS) is 27.2. The monoisotopic (exact) mass is 239 g/mol. The van der Waals surface area contributed by atoms with Crippen molar-refractivity contribution in [2.45, 2.75) is 45.3 Å². The Kier molecular flexibility index (Phi) is 4.00. The Balaban J connectivity index is 2.08. The Morgan fingerprint density at radius 3 is 2.94 bits per heavy atom. The van der Waals surface area contributed by atoms with Crippen LogP contribution in [-0.2, 0) is 11.2 Å². The van der Waals surface area contributed by atoms with Crippen LogP contribution in [0.3, 0.4) is 0 Å². The third kappa shape index (κ3) is 2.31. The van der Waals surface area contributed by atoms with Crippen LogP contribution in [0.4, 0.5) is 0 Å². The summed E-state index contributed by atoms with van der Waals surface area (Å²) in [5, 5.41) is 0. The zero-order valence-corrected chi connectivity index (χ0v) is 10.9. The summed E-state index contributed by atoms with van der Waals surface area (Å²) in [5.41, 5.74) is 6.36. The smallest absolute Gasteiger partial charge is 0.0619 e. The van der Waals surface area contributed by atoms with Crippen LogP contribution in [0, 0.1) is 5.92 Å². The van der Waals surface area contributed by atoms with Crippen LogP contribution >= 0.6 is 11.3 Å². The van der Waals surface area contributed by atoms with Gasteiger partial charge >= 0.3 is 0 Å². The van der Waals surface area contributed by atoms with Crippen molar-refractivity contribution < 1.29 is 4.74 Å². The number of ether oxygens (including phenoxy) is 1. The van der Waals surface area contributed by atoms with Gasteiger partial charge in [0.2, 0.25) is 0 Å². The Morgan fingerprint density at radius 2 is 2.31 bits per heavy atom. The standard InChI is InChI=1S/C13H21NOS/c1-3-9-5-6-12(16-9)13(14)10-7-8-15-11(10)4-2/h5-6,10-11,13H,3-4,7-8,14H2,1-2H3. The number of nitrogens with two attached hydrogens (primary N) is 1. The summed E-state index contributed by atoms with van der Waals surface area (Å²) >= 11 is 1.86. The molecule has 0 saturated carbocycles. The van der Waals surface area contributed by atoms with Crippen LogP contribution in [0.1, 0.15) is 42.5 Å². The summed E-state index contributed by atoms with van der Waals surface area (Å²) in [6.45, 7) is 5.25. The summed E-state index contributed by atoms with van der Waals surface area (Å²) in [7, 11) is 0. The van der Waals surface area contributed by atoms with E-state index >= 15 is 0 Å². The van der Waals surface area contributed by atoms with Gasteiger partial charge in [0.15, 0.2) is 0 Å². The molecule has 0 aromatic carbocycles. The summed E-state index contributed by atoms with van der Waals surface area (Å²) in [5.74, 6) is 0.508. The van der Waals surface area contributed by atoms with Gasteiger partial charge in [-0.15, -0.1) is 11.3 Å². The molecule has 1 fully saturated rings. The van der Waals surface area contributed by atoms with Crippen molar-refractivity contribution in [3.63, 3.8) is 0 Å². The number of aryl methyl sites for hydroxylation is 1. The molecule has 1 aliphatic rings. The van der Waals surface area contributed by atoms with Crippen LogP contribution < -0.4 is 5.73 Å². The molecule has 3 unspecified atom stereocenters. The van der Waals surface area contributed by atoms with E-state index in [1.165, 1.54) is 9.75 Å². The van der Waals surface area contributed by atoms with Crippen LogP contribution in [0.2, 0.25) is 0 Å². The lowest BCUT2D eigenvalue weighted by molar-refractivity contribution is 0.0816. The summed E-state index contributed by atoms with van der Waals surface area (Å²) in [6, 6.07) is 4.56. The van der Waals surface area contributed by atoms with Gasteiger partial charge in [0, 0.05) is 28.3 Å². The lowest BCUT2D eigenvalue weighted by Crippen LogP contribution is -2.27. The molecular formula is C13H21NOS. The minimum absolute atomic E-state index is 0.165. The highest BCUT2D eigenvalue weighted by Crippen LogP contribution is 2.35. The fourth-order valence-electron chi connectivity index (χ4n) is 2.47. The molecule has 1 saturated heterocycles. The van der Waals surface area contributed by atoms with Gasteiger partial charge in [-0.25, -0.2) is 0 Å². The average molecular weight is 239 g/mol. The van der Waals surface area contributed by atoms with Crippen molar-refractivity contribution in [3.05, 3.63) is 21.9 Å². The molecule has 1 aliphatic heterocycles. The lowest BCUT2D eigenvalue weighted by atomic mass is 9.91. The molecule has 3 heteroatoms. The first-order chi connectivity index (χ1) is 7.76. The second-order valence-electron chi connectivity index (χ2n) is 4.45. The summed E-state index contributed by atoms with van der Waals surface area (Å²) in [4.78, 5) is 2.75. The number of thiophene rings is 1. The van der Waals surface area contributed by atoms with Crippen molar-refractivity contribution in [2.75, 3.05) is 6.61 Å². The first-order valence-corrected chi connectivity index (χ1v) is 7.03. The van der Waals surface area contributed by atoms with Crippen LogP contribution in [0.15, 0.2) is 12.1 Å². The second kappa shape index (κ2) is 5.30. The molecule has 3 atom stereocenters. The molecule has 0 radical (unpaired) electrons. The van der Waals surface area contributed by atoms with Gasteiger partial charge in [-0.1, -0.05) is 13.8 Å². The highest BCUT2D eigenvalue weighted by atomic mass is 32.1. The highest BCUT2D eigenvalue weighted by molar-refractivity contribution is 7.12. The molecule has 90 valence electrons. The highest BCUT2D eigenvalue weighted by Gasteiger charge is 2.32. The molecule has 0 aliphatic carbocycles. The number of hydrogen-bond donors (Lipinski definition) is 1. The predicted octanol–water partition coefficient (Wildman–Crippen LogP) is 3.13. The molecule has 1 aromatic heterocycles. The minimum Gasteiger partial charge on any atom is -0.378 e.